The molecule has 0 aliphatic carbocycles. The number of nitrogens with one attached hydrogen (secondary N) is 1. The third kappa shape index (κ3) is 4.72. The summed E-state index contributed by atoms with van der Waals surface area (Å²) in [6.07, 6.45) is 0. The third-order valence-electron chi connectivity index (χ3n) is 4.30. The maximum Gasteiger partial charge on any atom is 0.276 e. The van der Waals surface area contributed by atoms with Gasteiger partial charge in [-0.25, -0.2) is 4.98 Å². The number of nitrogens with zero attached hydrogens (tertiary/aromatic N) is 2. The van der Waals surface area contributed by atoms with Crippen molar-refractivity contribution in [3.63, 3.8) is 0 Å². The molecule has 1 amide bonds. The van der Waals surface area contributed by atoms with Crippen molar-refractivity contribution >= 4 is 68.1 Å². The zero-order valence-corrected chi connectivity index (χ0v) is 19.2. The molecule has 0 spiro atoms. The summed E-state index contributed by atoms with van der Waals surface area (Å²) in [5.41, 5.74) is 1.59. The normalized spacial score (nSPS) is 10.9. The Bertz CT molecular complexity index is 1320. The maximum atomic E-state index is 13.1. The Morgan fingerprint density at radius 1 is 1.19 bits per heavy atom. The van der Waals surface area contributed by atoms with Crippen LogP contribution >= 0.6 is 46.3 Å². The van der Waals surface area contributed by atoms with Crippen LogP contribution in [-0.4, -0.2) is 28.3 Å². The molecule has 4 rings (SSSR count). The fraction of sp³-hybridized carbons (Fsp3) is 0.0952. The molecule has 2 heterocycles. The molecule has 0 saturated heterocycles. The van der Waals surface area contributed by atoms with Gasteiger partial charge < -0.3 is 10.1 Å². The summed E-state index contributed by atoms with van der Waals surface area (Å²) >= 11 is 14.6. The number of thiophene rings is 1. The van der Waals surface area contributed by atoms with Crippen LogP contribution in [0.15, 0.2) is 63.9 Å². The van der Waals surface area contributed by atoms with Gasteiger partial charge in [0.15, 0.2) is 5.16 Å². The van der Waals surface area contributed by atoms with Gasteiger partial charge in [0.05, 0.1) is 29.1 Å². The Labute approximate surface area is 195 Å². The van der Waals surface area contributed by atoms with Crippen molar-refractivity contribution in [1.82, 2.24) is 9.55 Å². The highest BCUT2D eigenvalue weighted by Gasteiger charge is 2.16. The second-order valence-corrected chi connectivity index (χ2v) is 9.03. The summed E-state index contributed by atoms with van der Waals surface area (Å²) in [7, 11) is 1.52. The molecule has 0 bridgehead atoms. The molecule has 2 aromatic heterocycles. The van der Waals surface area contributed by atoms with Crippen LogP contribution in [0, 0.1) is 0 Å². The number of hydrogen-bond acceptors (Lipinski definition) is 6. The lowest BCUT2D eigenvalue weighted by atomic mass is 10.3. The predicted octanol–water partition coefficient (Wildman–Crippen LogP) is 5.49. The van der Waals surface area contributed by atoms with Gasteiger partial charge in [-0.2, -0.15) is 0 Å². The summed E-state index contributed by atoms with van der Waals surface area (Å²) in [4.78, 5) is 30.2. The number of methoxy groups -OCH3 is 1. The van der Waals surface area contributed by atoms with E-state index in [0.717, 1.165) is 0 Å². The molecule has 31 heavy (non-hydrogen) atoms. The van der Waals surface area contributed by atoms with Gasteiger partial charge in [0.25, 0.3) is 5.56 Å². The predicted molar refractivity (Wildman–Crippen MR) is 128 cm³/mol. The quantitative estimate of drug-likeness (QED) is 0.285. The van der Waals surface area contributed by atoms with Crippen molar-refractivity contribution in [2.45, 2.75) is 5.16 Å². The second-order valence-electron chi connectivity index (χ2n) is 6.33. The maximum absolute atomic E-state index is 13.1. The van der Waals surface area contributed by atoms with Crippen LogP contribution in [0.1, 0.15) is 0 Å². The SMILES string of the molecule is COc1ccc(NC(=O)CSc2nc3ccsc3c(=O)n2-c2ccc(Cl)cc2)cc1Cl. The molecule has 0 fully saturated rings. The molecule has 0 radical (unpaired) electrons. The molecule has 0 aliphatic heterocycles. The first kappa shape index (κ1) is 21.7. The molecule has 10 heteroatoms. The van der Waals surface area contributed by atoms with Crippen molar-refractivity contribution in [1.29, 1.82) is 0 Å². The first-order valence-corrected chi connectivity index (χ1v) is 11.6. The van der Waals surface area contributed by atoms with Gasteiger partial charge in [-0.1, -0.05) is 35.0 Å². The highest BCUT2D eigenvalue weighted by Crippen LogP contribution is 2.28. The van der Waals surface area contributed by atoms with Gasteiger partial charge in [-0.15, -0.1) is 11.3 Å². The van der Waals surface area contributed by atoms with Gasteiger partial charge in [0.1, 0.15) is 10.4 Å². The van der Waals surface area contributed by atoms with E-state index in [-0.39, 0.29) is 17.2 Å². The van der Waals surface area contributed by atoms with E-state index in [9.17, 15) is 9.59 Å². The molecule has 158 valence electrons. The molecule has 4 aromatic rings. The van der Waals surface area contributed by atoms with E-state index in [0.29, 0.717) is 42.5 Å². The summed E-state index contributed by atoms with van der Waals surface area (Å²) < 4.78 is 7.17. The minimum Gasteiger partial charge on any atom is -0.495 e. The zero-order chi connectivity index (χ0) is 22.0. The summed E-state index contributed by atoms with van der Waals surface area (Å²) in [5, 5.41) is 5.99. The number of aromatic nitrogens is 2. The van der Waals surface area contributed by atoms with Crippen LogP contribution in [-0.2, 0) is 4.79 Å². The number of ether oxygens (including phenoxy) is 1. The number of halogens is 2. The smallest absolute Gasteiger partial charge is 0.276 e. The van der Waals surface area contributed by atoms with Crippen LogP contribution in [0.2, 0.25) is 10.0 Å². The van der Waals surface area contributed by atoms with Crippen molar-refractivity contribution < 1.29 is 9.53 Å². The third-order valence-corrected chi connectivity index (χ3v) is 6.68. The van der Waals surface area contributed by atoms with E-state index in [1.54, 1.807) is 48.5 Å². The van der Waals surface area contributed by atoms with Gasteiger partial charge in [-0.3, -0.25) is 14.2 Å². The Hall–Kier alpha value is -2.52. The average Bonchev–Trinajstić information content (AvgIpc) is 3.22. The average molecular weight is 492 g/mol. The minimum atomic E-state index is -0.256. The molecule has 6 nitrogen and oxygen atoms in total. The number of benzene rings is 2. The highest BCUT2D eigenvalue weighted by molar-refractivity contribution is 7.99. The van der Waals surface area contributed by atoms with Gasteiger partial charge >= 0.3 is 0 Å². The fourth-order valence-corrected chi connectivity index (χ4v) is 4.83. The zero-order valence-electron chi connectivity index (χ0n) is 16.1. The van der Waals surface area contributed by atoms with E-state index in [4.69, 9.17) is 27.9 Å². The number of rotatable bonds is 6. The van der Waals surface area contributed by atoms with Gasteiger partial charge in [0.2, 0.25) is 5.91 Å². The lowest BCUT2D eigenvalue weighted by molar-refractivity contribution is -0.113. The van der Waals surface area contributed by atoms with Crippen LogP contribution < -0.4 is 15.6 Å². The van der Waals surface area contributed by atoms with Crippen LogP contribution in [0.3, 0.4) is 0 Å². The first-order valence-electron chi connectivity index (χ1n) is 8.98. The lowest BCUT2D eigenvalue weighted by Crippen LogP contribution is -2.22. The molecular formula is C21H15Cl2N3O3S2. The second kappa shape index (κ2) is 9.32. The number of hydrogen-bond donors (Lipinski definition) is 1. The summed E-state index contributed by atoms with van der Waals surface area (Å²) in [6, 6.07) is 13.7. The number of amides is 1. The van der Waals surface area contributed by atoms with E-state index in [1.165, 1.54) is 34.8 Å². The molecule has 2 aromatic carbocycles. The Balaban J connectivity index is 1.59. The largest absolute Gasteiger partial charge is 0.495 e. The molecular weight excluding hydrogens is 477 g/mol. The van der Waals surface area contributed by atoms with Crippen LogP contribution in [0.4, 0.5) is 5.69 Å². The number of carbonyl (C=O) groups excluding carboxylic acids is 1. The highest BCUT2D eigenvalue weighted by atomic mass is 35.5. The van der Waals surface area contributed by atoms with Crippen molar-refractivity contribution in [3.8, 4) is 11.4 Å². The Morgan fingerprint density at radius 3 is 2.68 bits per heavy atom. The van der Waals surface area contributed by atoms with Crippen LogP contribution in [0.5, 0.6) is 5.75 Å². The van der Waals surface area contributed by atoms with E-state index in [2.05, 4.69) is 10.3 Å². The molecule has 0 atom stereocenters. The number of carbonyl (C=O) groups is 1. The summed E-state index contributed by atoms with van der Waals surface area (Å²) in [6.45, 7) is 0. The monoisotopic (exact) mass is 491 g/mol. The van der Waals surface area contributed by atoms with Gasteiger partial charge in [0, 0.05) is 10.7 Å². The standard InChI is InChI=1S/C21H15Cl2N3O3S2/c1-29-17-7-4-13(10-15(17)23)24-18(27)11-31-21-25-16-8-9-30-19(16)20(28)26(21)14-5-2-12(22)3-6-14/h2-10H,11H2,1H3,(H,24,27). The molecule has 0 unspecified atom stereocenters. The fourth-order valence-electron chi connectivity index (χ4n) is 2.88. The number of anilines is 1. The number of fused-ring (bicyclic) bond motifs is 1. The van der Waals surface area contributed by atoms with E-state index < -0.39 is 0 Å². The van der Waals surface area contributed by atoms with Crippen LogP contribution in [0.25, 0.3) is 15.9 Å². The number of thioether (sulfide) groups is 1. The van der Waals surface area contributed by atoms with E-state index in [1.807, 2.05) is 5.38 Å². The Kier molecular flexibility index (Phi) is 6.52. The first-order chi connectivity index (χ1) is 15.0. The van der Waals surface area contributed by atoms with Crippen molar-refractivity contribution in [3.05, 3.63) is 74.3 Å². The van der Waals surface area contributed by atoms with Crippen molar-refractivity contribution in [2.24, 2.45) is 0 Å². The van der Waals surface area contributed by atoms with Crippen molar-refractivity contribution in [2.75, 3.05) is 18.2 Å². The molecule has 0 aliphatic rings. The lowest BCUT2D eigenvalue weighted by Gasteiger charge is -2.12. The summed E-state index contributed by atoms with van der Waals surface area (Å²) in [5.74, 6) is 0.321. The topological polar surface area (TPSA) is 73.2 Å². The van der Waals surface area contributed by atoms with E-state index >= 15 is 0 Å². The van der Waals surface area contributed by atoms with Gasteiger partial charge in [-0.05, 0) is 53.9 Å². The molecule has 0 saturated carbocycles. The minimum absolute atomic E-state index is 0.0549. The molecule has 1 N–H and O–H groups in total. The Morgan fingerprint density at radius 2 is 1.97 bits per heavy atom.